The van der Waals surface area contributed by atoms with Crippen LogP contribution in [0.4, 0.5) is 0 Å². The van der Waals surface area contributed by atoms with E-state index in [1.54, 1.807) is 23.1 Å². The number of allylic oxidation sites excluding steroid dienone is 4. The number of rotatable bonds is 3. The van der Waals surface area contributed by atoms with Gasteiger partial charge in [-0.05, 0) is 95.1 Å². The summed E-state index contributed by atoms with van der Waals surface area (Å²) >= 11 is 0. The summed E-state index contributed by atoms with van der Waals surface area (Å²) in [6.45, 7) is 5.31. The molecule has 6 aliphatic carbocycles. The topological polar surface area (TPSA) is 0 Å². The first-order valence-corrected chi connectivity index (χ1v) is 15.8. The van der Waals surface area contributed by atoms with Crippen molar-refractivity contribution >= 4 is 8.07 Å². The molecule has 1 atom stereocenters. The van der Waals surface area contributed by atoms with Gasteiger partial charge in [0.15, 0.2) is 0 Å². The lowest BCUT2D eigenvalue weighted by Crippen LogP contribution is -2.45. The molecule has 4 bridgehead atoms. The van der Waals surface area contributed by atoms with Gasteiger partial charge in [-0.15, -0.1) is 0 Å². The molecule has 0 saturated heterocycles. The Bertz CT molecular complexity index is 1030. The van der Waals surface area contributed by atoms with Crippen molar-refractivity contribution in [1.29, 1.82) is 0 Å². The van der Waals surface area contributed by atoms with Crippen LogP contribution >= 0.6 is 0 Å². The van der Waals surface area contributed by atoms with E-state index in [1.807, 2.05) is 0 Å². The van der Waals surface area contributed by atoms with Gasteiger partial charge in [-0.25, -0.2) is 0 Å². The molecule has 0 aromatic heterocycles. The van der Waals surface area contributed by atoms with Crippen LogP contribution in [-0.4, -0.2) is 8.07 Å². The molecule has 1 heteroatoms. The highest BCUT2D eigenvalue weighted by atomic mass is 28.3. The van der Waals surface area contributed by atoms with E-state index in [9.17, 15) is 0 Å². The van der Waals surface area contributed by atoms with Crippen LogP contribution < -0.4 is 0 Å². The Kier molecular flexibility index (Phi) is 3.96. The maximum Gasteiger partial charge on any atom is 0.0715 e. The summed E-state index contributed by atoms with van der Waals surface area (Å²) in [6, 6.07) is 18.5. The van der Waals surface area contributed by atoms with Gasteiger partial charge in [-0.2, -0.15) is 0 Å². The molecule has 4 saturated carbocycles. The molecule has 0 aliphatic heterocycles. The van der Waals surface area contributed by atoms with Crippen molar-refractivity contribution in [3.63, 3.8) is 0 Å². The van der Waals surface area contributed by atoms with E-state index < -0.39 is 8.07 Å². The summed E-state index contributed by atoms with van der Waals surface area (Å²) in [4.78, 5) is 0. The second kappa shape index (κ2) is 6.58. The summed E-state index contributed by atoms with van der Waals surface area (Å²) in [6.07, 6.45) is 15.6. The SMILES string of the molecule is C[Si](C)(C1C=CC(C2C3CC4CC(C3)CC2C4)=C1)C1c2ccccc2-c2ccccc21. The molecule has 0 amide bonds. The van der Waals surface area contributed by atoms with Crippen LogP contribution in [0.15, 0.2) is 72.3 Å². The monoisotopic (exact) mass is 422 g/mol. The van der Waals surface area contributed by atoms with Crippen molar-refractivity contribution in [3.05, 3.63) is 83.5 Å². The first-order chi connectivity index (χ1) is 15.1. The highest BCUT2D eigenvalue weighted by molar-refractivity contribution is 6.82. The van der Waals surface area contributed by atoms with Crippen molar-refractivity contribution in [1.82, 2.24) is 0 Å². The average Bonchev–Trinajstić information content (AvgIpc) is 3.37. The smallest absolute Gasteiger partial charge is 0.0715 e. The van der Waals surface area contributed by atoms with Crippen LogP contribution in [0.1, 0.15) is 48.8 Å². The molecule has 0 heterocycles. The molecular formula is C30H34Si. The standard InChI is InChI=1S/C30H34Si/c1-31(2,30-27-9-5-3-7-25(27)26-8-4-6-10-28(26)30)24-12-11-21(18-24)29-22-14-19-13-20(16-22)17-23(29)15-19/h3-12,18-20,22-24,29-30H,13-17H2,1-2H3. The highest BCUT2D eigenvalue weighted by Crippen LogP contribution is 2.60. The zero-order valence-corrected chi connectivity index (χ0v) is 19.9. The zero-order chi connectivity index (χ0) is 20.7. The van der Waals surface area contributed by atoms with Gasteiger partial charge in [-0.1, -0.05) is 79.9 Å². The molecular weight excluding hydrogens is 388 g/mol. The minimum absolute atomic E-state index is 0.601. The van der Waals surface area contributed by atoms with Gasteiger partial charge in [-0.3, -0.25) is 0 Å². The number of hydrogen-bond donors (Lipinski definition) is 0. The summed E-state index contributed by atoms with van der Waals surface area (Å²) < 4.78 is 0. The number of benzene rings is 2. The van der Waals surface area contributed by atoms with E-state index in [2.05, 4.69) is 79.9 Å². The lowest BCUT2D eigenvalue weighted by Gasteiger charge is -2.55. The quantitative estimate of drug-likeness (QED) is 0.440. The summed E-state index contributed by atoms with van der Waals surface area (Å²) in [5, 5.41) is 0. The maximum atomic E-state index is 2.77. The number of fused-ring (bicyclic) bond motifs is 3. The Morgan fingerprint density at radius 3 is 1.84 bits per heavy atom. The Labute approximate surface area is 188 Å². The Morgan fingerprint density at radius 1 is 0.710 bits per heavy atom. The zero-order valence-electron chi connectivity index (χ0n) is 18.9. The van der Waals surface area contributed by atoms with Crippen molar-refractivity contribution in [3.8, 4) is 11.1 Å². The van der Waals surface area contributed by atoms with E-state index in [0.29, 0.717) is 11.1 Å². The van der Waals surface area contributed by atoms with E-state index >= 15 is 0 Å². The van der Waals surface area contributed by atoms with Gasteiger partial charge in [0.1, 0.15) is 0 Å². The van der Waals surface area contributed by atoms with Crippen molar-refractivity contribution in [2.75, 3.05) is 0 Å². The van der Waals surface area contributed by atoms with Crippen molar-refractivity contribution in [2.45, 2.75) is 56.3 Å². The fourth-order valence-electron chi connectivity index (χ4n) is 8.84. The third-order valence-corrected chi connectivity index (χ3v) is 14.1. The van der Waals surface area contributed by atoms with Gasteiger partial charge in [0.2, 0.25) is 0 Å². The molecule has 4 fully saturated rings. The van der Waals surface area contributed by atoms with E-state index in [0.717, 1.165) is 29.6 Å². The predicted octanol–water partition coefficient (Wildman–Crippen LogP) is 7.99. The van der Waals surface area contributed by atoms with Crippen LogP contribution in [-0.2, 0) is 0 Å². The molecule has 2 aromatic rings. The van der Waals surface area contributed by atoms with Crippen LogP contribution in [0.25, 0.3) is 11.1 Å². The van der Waals surface area contributed by atoms with Crippen molar-refractivity contribution in [2.24, 2.45) is 29.6 Å². The minimum atomic E-state index is -1.65. The van der Waals surface area contributed by atoms with Crippen molar-refractivity contribution < 1.29 is 0 Å². The van der Waals surface area contributed by atoms with E-state index in [-0.39, 0.29) is 0 Å². The third kappa shape index (κ3) is 2.65. The average molecular weight is 423 g/mol. The molecule has 0 radical (unpaired) electrons. The largest absolute Gasteiger partial charge is 0.0800 e. The Morgan fingerprint density at radius 2 is 1.26 bits per heavy atom. The summed E-state index contributed by atoms with van der Waals surface area (Å²) in [5.41, 5.74) is 9.13. The van der Waals surface area contributed by atoms with Crippen LogP contribution in [0.5, 0.6) is 0 Å². The molecule has 6 aliphatic rings. The molecule has 0 spiro atoms. The van der Waals surface area contributed by atoms with Gasteiger partial charge < -0.3 is 0 Å². The van der Waals surface area contributed by atoms with Gasteiger partial charge in [0, 0.05) is 5.54 Å². The fourth-order valence-corrected chi connectivity index (χ4v) is 12.5. The molecule has 2 aromatic carbocycles. The maximum absolute atomic E-state index is 2.77. The van der Waals surface area contributed by atoms with E-state index in [1.165, 1.54) is 36.8 Å². The molecule has 0 nitrogen and oxygen atoms in total. The Balaban J connectivity index is 1.24. The molecule has 158 valence electrons. The molecule has 1 unspecified atom stereocenters. The lowest BCUT2D eigenvalue weighted by molar-refractivity contribution is -0.0194. The van der Waals surface area contributed by atoms with Gasteiger partial charge >= 0.3 is 0 Å². The molecule has 8 rings (SSSR count). The third-order valence-electron chi connectivity index (χ3n) is 9.92. The molecule has 31 heavy (non-hydrogen) atoms. The van der Waals surface area contributed by atoms with Crippen LogP contribution in [0.2, 0.25) is 18.6 Å². The van der Waals surface area contributed by atoms with Gasteiger partial charge in [0.05, 0.1) is 8.07 Å². The second-order valence-corrected chi connectivity index (χ2v) is 16.8. The summed E-state index contributed by atoms with van der Waals surface area (Å²) in [7, 11) is -1.65. The second-order valence-electron chi connectivity index (χ2n) is 11.9. The predicted molar refractivity (Wildman–Crippen MR) is 133 cm³/mol. The summed E-state index contributed by atoms with van der Waals surface area (Å²) in [5.74, 6) is 4.99. The van der Waals surface area contributed by atoms with Crippen LogP contribution in [0, 0.1) is 29.6 Å². The first-order valence-electron chi connectivity index (χ1n) is 12.7. The Hall–Kier alpha value is -1.86. The highest BCUT2D eigenvalue weighted by Gasteiger charge is 2.50. The minimum Gasteiger partial charge on any atom is -0.0800 e. The van der Waals surface area contributed by atoms with E-state index in [4.69, 9.17) is 0 Å². The normalized spacial score (nSPS) is 35.4. The molecule has 0 N–H and O–H groups in total. The fraction of sp³-hybridized carbons (Fsp3) is 0.467. The number of hydrogen-bond acceptors (Lipinski definition) is 0. The van der Waals surface area contributed by atoms with Gasteiger partial charge in [0.25, 0.3) is 0 Å². The first kappa shape index (κ1) is 18.7. The lowest BCUT2D eigenvalue weighted by atomic mass is 9.50. The van der Waals surface area contributed by atoms with Crippen LogP contribution in [0.3, 0.4) is 0 Å².